The van der Waals surface area contributed by atoms with Gasteiger partial charge in [-0.05, 0) is 18.2 Å². The number of rotatable bonds is 4. The fourth-order valence-corrected chi connectivity index (χ4v) is 1.88. The van der Waals surface area contributed by atoms with Gasteiger partial charge >= 0.3 is 0 Å². The minimum atomic E-state index is -0.0574. The summed E-state index contributed by atoms with van der Waals surface area (Å²) in [4.78, 5) is 16.2. The molecule has 19 heavy (non-hydrogen) atoms. The molecule has 0 fully saturated rings. The number of fused-ring (bicyclic) bond motifs is 1. The molecule has 0 aliphatic carbocycles. The highest BCUT2D eigenvalue weighted by molar-refractivity contribution is 5.78. The summed E-state index contributed by atoms with van der Waals surface area (Å²) in [6, 6.07) is 7.58. The molecule has 0 saturated carbocycles. The fraction of sp³-hybridized carbons (Fsp3) is 0.154. The Balaban J connectivity index is 1.62. The van der Waals surface area contributed by atoms with E-state index in [9.17, 15) is 4.79 Å². The Morgan fingerprint density at radius 3 is 3.11 bits per heavy atom. The maximum Gasteiger partial charge on any atom is 0.226 e. The second-order valence-electron chi connectivity index (χ2n) is 4.23. The molecule has 6 heteroatoms. The first-order valence-electron chi connectivity index (χ1n) is 5.99. The first kappa shape index (κ1) is 11.5. The minimum Gasteiger partial charge on any atom is -0.350 e. The molecule has 0 unspecified atom stereocenters. The summed E-state index contributed by atoms with van der Waals surface area (Å²) in [5.74, 6) is -0.0574. The quantitative estimate of drug-likeness (QED) is 0.727. The van der Waals surface area contributed by atoms with Crippen LogP contribution in [0.4, 0.5) is 0 Å². The summed E-state index contributed by atoms with van der Waals surface area (Å²) in [5.41, 5.74) is 2.48. The van der Waals surface area contributed by atoms with Crippen LogP contribution in [-0.4, -0.2) is 25.5 Å². The first-order valence-corrected chi connectivity index (χ1v) is 5.99. The minimum absolute atomic E-state index is 0.0574. The van der Waals surface area contributed by atoms with Crippen molar-refractivity contribution in [2.24, 2.45) is 0 Å². The summed E-state index contributed by atoms with van der Waals surface area (Å²) in [6.45, 7) is 0.451. The Hall–Kier alpha value is -2.63. The van der Waals surface area contributed by atoms with E-state index in [1.165, 1.54) is 0 Å². The van der Waals surface area contributed by atoms with Crippen LogP contribution in [0.2, 0.25) is 0 Å². The lowest BCUT2D eigenvalue weighted by Crippen LogP contribution is -2.24. The van der Waals surface area contributed by atoms with Crippen molar-refractivity contribution in [1.82, 2.24) is 24.9 Å². The summed E-state index contributed by atoms with van der Waals surface area (Å²) in [6.07, 6.45) is 5.71. The maximum atomic E-state index is 11.8. The summed E-state index contributed by atoms with van der Waals surface area (Å²) < 4.78 is 1.90. The third kappa shape index (κ3) is 2.62. The molecule has 2 N–H and O–H groups in total. The Morgan fingerprint density at radius 1 is 1.37 bits per heavy atom. The van der Waals surface area contributed by atoms with Crippen LogP contribution < -0.4 is 5.32 Å². The Kier molecular flexibility index (Phi) is 2.97. The van der Waals surface area contributed by atoms with Gasteiger partial charge in [-0.1, -0.05) is 6.07 Å². The molecule has 0 spiro atoms. The van der Waals surface area contributed by atoms with Crippen molar-refractivity contribution in [3.8, 4) is 0 Å². The second-order valence-corrected chi connectivity index (χ2v) is 4.23. The molecule has 3 heterocycles. The molecule has 0 aliphatic rings. The van der Waals surface area contributed by atoms with Crippen LogP contribution in [0, 0.1) is 0 Å². The number of nitrogens with zero attached hydrogens (tertiary/aromatic N) is 3. The van der Waals surface area contributed by atoms with Gasteiger partial charge in [0.05, 0.1) is 24.4 Å². The van der Waals surface area contributed by atoms with Crippen molar-refractivity contribution in [2.45, 2.75) is 13.0 Å². The van der Waals surface area contributed by atoms with Gasteiger partial charge in [-0.25, -0.2) is 4.98 Å². The number of amides is 1. The number of carbonyl (C=O) groups excluding carboxylic acids is 1. The van der Waals surface area contributed by atoms with E-state index >= 15 is 0 Å². The predicted molar refractivity (Wildman–Crippen MR) is 69.3 cm³/mol. The molecule has 0 radical (unpaired) electrons. The summed E-state index contributed by atoms with van der Waals surface area (Å²) in [5, 5.41) is 9.43. The van der Waals surface area contributed by atoms with Crippen LogP contribution in [0.3, 0.4) is 0 Å². The van der Waals surface area contributed by atoms with Gasteiger partial charge in [-0.15, -0.1) is 0 Å². The van der Waals surface area contributed by atoms with Crippen LogP contribution in [-0.2, 0) is 17.8 Å². The highest BCUT2D eigenvalue weighted by Gasteiger charge is 2.07. The second kappa shape index (κ2) is 4.93. The zero-order valence-corrected chi connectivity index (χ0v) is 10.2. The highest BCUT2D eigenvalue weighted by atomic mass is 16.1. The normalized spacial score (nSPS) is 10.7. The number of aromatic amines is 1. The van der Waals surface area contributed by atoms with Crippen LogP contribution in [0.25, 0.3) is 5.65 Å². The van der Waals surface area contributed by atoms with E-state index in [-0.39, 0.29) is 12.3 Å². The molecule has 0 aromatic carbocycles. The monoisotopic (exact) mass is 255 g/mol. The zero-order chi connectivity index (χ0) is 13.1. The average molecular weight is 255 g/mol. The molecule has 0 aliphatic heterocycles. The van der Waals surface area contributed by atoms with E-state index in [1.807, 2.05) is 41.1 Å². The van der Waals surface area contributed by atoms with Gasteiger partial charge in [-0.3, -0.25) is 9.89 Å². The number of nitrogens with one attached hydrogen (secondary N) is 2. The molecular weight excluding hydrogens is 242 g/mol. The van der Waals surface area contributed by atoms with Crippen molar-refractivity contribution in [2.75, 3.05) is 0 Å². The average Bonchev–Trinajstić information content (AvgIpc) is 3.04. The van der Waals surface area contributed by atoms with Crippen molar-refractivity contribution >= 4 is 11.6 Å². The molecule has 3 rings (SSSR count). The van der Waals surface area contributed by atoms with Crippen LogP contribution in [0.1, 0.15) is 11.4 Å². The lowest BCUT2D eigenvalue weighted by atomic mass is 10.3. The first-order chi connectivity index (χ1) is 9.31. The third-order valence-electron chi connectivity index (χ3n) is 2.79. The molecule has 1 amide bonds. The Bertz CT molecular complexity index is 653. The summed E-state index contributed by atoms with van der Waals surface area (Å²) >= 11 is 0. The molecule has 3 aromatic heterocycles. The molecule has 0 saturated heterocycles. The number of imidazole rings is 1. The smallest absolute Gasteiger partial charge is 0.226 e. The Morgan fingerprint density at radius 2 is 2.32 bits per heavy atom. The summed E-state index contributed by atoms with van der Waals surface area (Å²) in [7, 11) is 0. The van der Waals surface area contributed by atoms with E-state index in [2.05, 4.69) is 20.5 Å². The van der Waals surface area contributed by atoms with Crippen molar-refractivity contribution < 1.29 is 4.79 Å². The topological polar surface area (TPSA) is 75.1 Å². The highest BCUT2D eigenvalue weighted by Crippen LogP contribution is 2.05. The van der Waals surface area contributed by atoms with Crippen LogP contribution in [0.15, 0.2) is 42.9 Å². The van der Waals surface area contributed by atoms with E-state index in [1.54, 1.807) is 6.20 Å². The van der Waals surface area contributed by atoms with E-state index in [4.69, 9.17) is 0 Å². The lowest BCUT2D eigenvalue weighted by Gasteiger charge is -2.01. The lowest BCUT2D eigenvalue weighted by molar-refractivity contribution is -0.120. The number of aromatic nitrogens is 4. The van der Waals surface area contributed by atoms with Gasteiger partial charge in [0.15, 0.2) is 0 Å². The molecular formula is C13H13N5O. The van der Waals surface area contributed by atoms with Crippen LogP contribution in [0.5, 0.6) is 0 Å². The number of carbonyl (C=O) groups is 1. The van der Waals surface area contributed by atoms with Gasteiger partial charge in [0.1, 0.15) is 5.65 Å². The van der Waals surface area contributed by atoms with Gasteiger partial charge in [-0.2, -0.15) is 5.10 Å². The van der Waals surface area contributed by atoms with Gasteiger partial charge in [0.2, 0.25) is 5.91 Å². The SMILES string of the molecule is O=C(Cc1cn2ccccc2n1)NCc1ccn[nH]1. The maximum absolute atomic E-state index is 11.8. The van der Waals surface area contributed by atoms with Crippen molar-refractivity contribution in [3.05, 3.63) is 54.2 Å². The zero-order valence-electron chi connectivity index (χ0n) is 10.2. The Labute approximate surface area is 109 Å². The molecule has 0 bridgehead atoms. The molecule has 6 nitrogen and oxygen atoms in total. The van der Waals surface area contributed by atoms with E-state index < -0.39 is 0 Å². The fourth-order valence-electron chi connectivity index (χ4n) is 1.88. The van der Waals surface area contributed by atoms with Crippen molar-refractivity contribution in [3.63, 3.8) is 0 Å². The largest absolute Gasteiger partial charge is 0.350 e. The van der Waals surface area contributed by atoms with Gasteiger partial charge in [0, 0.05) is 18.6 Å². The number of hydrogen-bond acceptors (Lipinski definition) is 3. The van der Waals surface area contributed by atoms with Crippen molar-refractivity contribution in [1.29, 1.82) is 0 Å². The van der Waals surface area contributed by atoms with E-state index in [0.29, 0.717) is 6.54 Å². The van der Waals surface area contributed by atoms with Gasteiger partial charge < -0.3 is 9.72 Å². The molecule has 0 atom stereocenters. The molecule has 96 valence electrons. The van der Waals surface area contributed by atoms with Gasteiger partial charge in [0.25, 0.3) is 0 Å². The van der Waals surface area contributed by atoms with E-state index in [0.717, 1.165) is 17.0 Å². The standard InChI is InChI=1S/C13H13N5O/c19-13(14-8-10-4-5-15-17-10)7-11-9-18-6-2-1-3-12(18)16-11/h1-6,9H,7-8H2,(H,14,19)(H,15,17). The van der Waals surface area contributed by atoms with Crippen LogP contribution >= 0.6 is 0 Å². The number of hydrogen-bond donors (Lipinski definition) is 2. The number of pyridine rings is 1. The third-order valence-corrected chi connectivity index (χ3v) is 2.79. The number of H-pyrrole nitrogens is 1. The molecule has 3 aromatic rings. The predicted octanol–water partition coefficient (Wildman–Crippen LogP) is 0.916.